The van der Waals surface area contributed by atoms with E-state index >= 15 is 0 Å². The number of hydrogen-bond donors (Lipinski definition) is 0. The van der Waals surface area contributed by atoms with Gasteiger partial charge in [-0.1, -0.05) is 237 Å². The molecule has 0 N–H and O–H groups in total. The largest absolute Gasteiger partial charge is 0.466 e. The van der Waals surface area contributed by atoms with Crippen LogP contribution in [0, 0.1) is 0 Å². The van der Waals surface area contributed by atoms with Crippen molar-refractivity contribution >= 4 is 29.8 Å². The van der Waals surface area contributed by atoms with Crippen LogP contribution in [0.4, 0.5) is 0 Å². The second-order valence-electron chi connectivity index (χ2n) is 14.9. The molecule has 0 aliphatic heterocycles. The summed E-state index contributed by atoms with van der Waals surface area (Å²) in [5, 5.41) is 0. The molecule has 0 aromatic heterocycles. The highest BCUT2D eigenvalue weighted by atomic mass is 16.5. The third-order valence-electron chi connectivity index (χ3n) is 7.48. The highest BCUT2D eigenvalue weighted by Gasteiger charge is 1.85. The Kier molecular flexibility index (Phi) is 149. The van der Waals surface area contributed by atoms with Crippen LogP contribution in [0.1, 0.15) is 306 Å². The Bertz CT molecular complexity index is 610. The first-order valence-electron chi connectivity index (χ1n) is 27.0. The minimum atomic E-state index is -0.211. The molecule has 66 heavy (non-hydrogen) atoms. The van der Waals surface area contributed by atoms with Gasteiger partial charge in [-0.2, -0.15) is 0 Å². The number of ether oxygens (including phenoxy) is 5. The zero-order chi connectivity index (χ0) is 53.9. The summed E-state index contributed by atoms with van der Waals surface area (Å²) in [6, 6.07) is 0. The molecule has 0 aliphatic rings. The van der Waals surface area contributed by atoms with E-state index in [4.69, 9.17) is 0 Å². The fourth-order valence-electron chi connectivity index (χ4n) is 4.02. The number of unbranched alkanes of at least 4 members (excludes halogenated alkanes) is 18. The quantitative estimate of drug-likeness (QED) is 0.0554. The van der Waals surface area contributed by atoms with Crippen LogP contribution in [-0.4, -0.2) is 62.9 Å². The Hall–Kier alpha value is -2.65. The molecule has 0 saturated carbocycles. The number of rotatable bonds is 23. The van der Waals surface area contributed by atoms with Gasteiger partial charge < -0.3 is 23.7 Å². The zero-order valence-corrected chi connectivity index (χ0v) is 49.1. The molecular formula is C56H124O10. The lowest BCUT2D eigenvalue weighted by atomic mass is 10.2. The average Bonchev–Trinajstić information content (AvgIpc) is 3.26. The molecule has 0 unspecified atom stereocenters. The van der Waals surface area contributed by atoms with Crippen molar-refractivity contribution in [2.24, 2.45) is 0 Å². The van der Waals surface area contributed by atoms with Gasteiger partial charge in [0.25, 0.3) is 0 Å². The summed E-state index contributed by atoms with van der Waals surface area (Å²) < 4.78 is 22.0. The Morgan fingerprint density at radius 2 is 0.273 bits per heavy atom. The maximum Gasteiger partial charge on any atom is 0.302 e. The molecule has 0 aliphatic carbocycles. The first-order chi connectivity index (χ1) is 31.3. The maximum absolute atomic E-state index is 9.82. The highest BCUT2D eigenvalue weighted by Crippen LogP contribution is 1.98. The van der Waals surface area contributed by atoms with Crippen molar-refractivity contribution in [3.63, 3.8) is 0 Å². The summed E-state index contributed by atoms with van der Waals surface area (Å²) in [6.45, 7) is 45.0. The van der Waals surface area contributed by atoms with Gasteiger partial charge in [0.2, 0.25) is 0 Å². The molecule has 0 amide bonds. The molecule has 0 saturated heterocycles. The molecule has 0 radical (unpaired) electrons. The van der Waals surface area contributed by atoms with Crippen LogP contribution in [0.25, 0.3) is 0 Å². The van der Waals surface area contributed by atoms with E-state index in [-0.39, 0.29) is 29.8 Å². The molecule has 0 spiro atoms. The summed E-state index contributed by atoms with van der Waals surface area (Å²) in [5.41, 5.74) is 0. The molecule has 408 valence electrons. The van der Waals surface area contributed by atoms with Crippen molar-refractivity contribution in [2.45, 2.75) is 306 Å². The van der Waals surface area contributed by atoms with E-state index < -0.39 is 0 Å². The second kappa shape index (κ2) is 109. The van der Waals surface area contributed by atoms with Crippen molar-refractivity contribution in [3.8, 4) is 0 Å². The normalized spacial score (nSPS) is 8.39. The van der Waals surface area contributed by atoms with Crippen LogP contribution >= 0.6 is 0 Å². The van der Waals surface area contributed by atoms with Crippen molar-refractivity contribution in [1.29, 1.82) is 0 Å². The van der Waals surface area contributed by atoms with Crippen molar-refractivity contribution in [2.75, 3.05) is 33.0 Å². The monoisotopic (exact) mass is 957 g/mol. The van der Waals surface area contributed by atoms with Crippen LogP contribution in [0.5, 0.6) is 0 Å². The van der Waals surface area contributed by atoms with E-state index in [1.807, 2.05) is 0 Å². The molecule has 0 fully saturated rings. The lowest BCUT2D eigenvalue weighted by molar-refractivity contribution is -0.141. The standard InChI is InChI=1S/6C6H14.5C4H8O2/c6*1-3-5-6-4-2;5*1-3-6-4(2)5/h6*3-6H2,1-2H3;5*3H2,1-2H3. The number of hydrogen-bond acceptors (Lipinski definition) is 10. The third kappa shape index (κ3) is 243. The van der Waals surface area contributed by atoms with E-state index in [1.54, 1.807) is 34.6 Å². The topological polar surface area (TPSA) is 132 Å². The minimum Gasteiger partial charge on any atom is -0.466 e. The van der Waals surface area contributed by atoms with Gasteiger partial charge in [-0.3, -0.25) is 24.0 Å². The molecule has 0 bridgehead atoms. The van der Waals surface area contributed by atoms with Gasteiger partial charge in [0.1, 0.15) is 0 Å². The number of carbonyl (C=O) groups excluding carboxylic acids is 5. The first kappa shape index (κ1) is 89.9. The van der Waals surface area contributed by atoms with Crippen LogP contribution in [0.15, 0.2) is 0 Å². The van der Waals surface area contributed by atoms with Gasteiger partial charge in [-0.15, -0.1) is 0 Å². The summed E-state index contributed by atoms with van der Waals surface area (Å²) in [7, 11) is 0. The molecule has 0 aromatic carbocycles. The van der Waals surface area contributed by atoms with Gasteiger partial charge in [0, 0.05) is 34.6 Å². The lowest BCUT2D eigenvalue weighted by Crippen LogP contribution is -1.95. The number of esters is 5. The zero-order valence-electron chi connectivity index (χ0n) is 49.1. The lowest BCUT2D eigenvalue weighted by Gasteiger charge is -1.89. The van der Waals surface area contributed by atoms with Crippen LogP contribution in [0.3, 0.4) is 0 Å². The van der Waals surface area contributed by atoms with Gasteiger partial charge >= 0.3 is 29.8 Å². The fourth-order valence-corrected chi connectivity index (χ4v) is 4.02. The van der Waals surface area contributed by atoms with Gasteiger partial charge in [0.05, 0.1) is 33.0 Å². The molecule has 0 aromatic rings. The summed E-state index contributed by atoms with van der Waals surface area (Å²) in [4.78, 5) is 49.1. The predicted molar refractivity (Wildman–Crippen MR) is 290 cm³/mol. The minimum absolute atomic E-state index is 0.211. The average molecular weight is 958 g/mol. The van der Waals surface area contributed by atoms with Crippen molar-refractivity contribution in [3.05, 3.63) is 0 Å². The Morgan fingerprint density at radius 3 is 0.288 bits per heavy atom. The van der Waals surface area contributed by atoms with E-state index in [0.29, 0.717) is 33.0 Å². The Morgan fingerprint density at radius 1 is 0.197 bits per heavy atom. The molecular weight excluding hydrogens is 833 g/mol. The van der Waals surface area contributed by atoms with E-state index in [0.717, 1.165) is 0 Å². The van der Waals surface area contributed by atoms with E-state index in [1.165, 1.54) is 189 Å². The summed E-state index contributed by atoms with van der Waals surface area (Å²) in [5.74, 6) is -1.05. The number of carbonyl (C=O) groups is 5. The van der Waals surface area contributed by atoms with Gasteiger partial charge in [-0.05, 0) is 34.6 Å². The Balaban J connectivity index is -0.0000000560. The molecule has 0 rings (SSSR count). The van der Waals surface area contributed by atoms with Crippen LogP contribution in [-0.2, 0) is 47.7 Å². The van der Waals surface area contributed by atoms with E-state index in [9.17, 15) is 24.0 Å². The van der Waals surface area contributed by atoms with E-state index in [2.05, 4.69) is 107 Å². The smallest absolute Gasteiger partial charge is 0.302 e. The second-order valence-corrected chi connectivity index (χ2v) is 14.9. The first-order valence-corrected chi connectivity index (χ1v) is 27.0. The van der Waals surface area contributed by atoms with Crippen molar-refractivity contribution in [1.82, 2.24) is 0 Å². The fraction of sp³-hybridized carbons (Fsp3) is 0.911. The molecule has 0 atom stereocenters. The Labute approximate surface area is 415 Å². The summed E-state index contributed by atoms with van der Waals surface area (Å²) in [6.07, 6.45) is 33.2. The SMILES string of the molecule is CCCCCC.CCCCCC.CCCCCC.CCCCCC.CCCCCC.CCCCCC.CCOC(C)=O.CCOC(C)=O.CCOC(C)=O.CCOC(C)=O.CCOC(C)=O. The highest BCUT2D eigenvalue weighted by molar-refractivity contribution is 5.66. The maximum atomic E-state index is 9.82. The molecule has 10 nitrogen and oxygen atoms in total. The predicted octanol–water partition coefficient (Wildman–Crippen LogP) is 18.4. The van der Waals surface area contributed by atoms with Crippen LogP contribution < -0.4 is 0 Å². The van der Waals surface area contributed by atoms with Gasteiger partial charge in [-0.25, -0.2) is 0 Å². The van der Waals surface area contributed by atoms with Crippen molar-refractivity contribution < 1.29 is 47.7 Å². The summed E-state index contributed by atoms with van der Waals surface area (Å²) >= 11 is 0. The molecule has 0 heterocycles. The van der Waals surface area contributed by atoms with Gasteiger partial charge in [0.15, 0.2) is 0 Å². The van der Waals surface area contributed by atoms with Crippen LogP contribution in [0.2, 0.25) is 0 Å². The molecule has 10 heteroatoms. The third-order valence-corrected chi connectivity index (χ3v) is 7.48.